The minimum Gasteiger partial charge on any atom is -0.387 e. The fraction of sp³-hybridized carbons (Fsp3) is 0.435. The predicted molar refractivity (Wildman–Crippen MR) is 108 cm³/mol. The largest absolute Gasteiger partial charge is 0.387 e. The fourth-order valence-electron chi connectivity index (χ4n) is 4.81. The molecule has 5 rings (SSSR count). The van der Waals surface area contributed by atoms with Gasteiger partial charge in [0.15, 0.2) is 0 Å². The number of fused-ring (bicyclic) bond motifs is 1. The Kier molecular flexibility index (Phi) is 4.45. The van der Waals surface area contributed by atoms with Crippen LogP contribution in [0.2, 0.25) is 5.02 Å². The second kappa shape index (κ2) is 6.96. The van der Waals surface area contributed by atoms with Crippen molar-refractivity contribution in [1.29, 1.82) is 0 Å². The highest BCUT2D eigenvalue weighted by Crippen LogP contribution is 2.47. The highest BCUT2D eigenvalue weighted by atomic mass is 35.5. The lowest BCUT2D eigenvalue weighted by atomic mass is 9.75. The molecular weight excluding hydrogens is 356 g/mol. The van der Waals surface area contributed by atoms with Crippen LogP contribution >= 0.6 is 11.6 Å². The number of hydrogen-bond acceptors (Lipinski definition) is 2. The molecule has 3 aromatic rings. The summed E-state index contributed by atoms with van der Waals surface area (Å²) in [6.45, 7) is 0. The van der Waals surface area contributed by atoms with E-state index in [9.17, 15) is 5.11 Å². The van der Waals surface area contributed by atoms with Gasteiger partial charge in [-0.3, -0.25) is 0 Å². The van der Waals surface area contributed by atoms with Crippen LogP contribution in [-0.4, -0.2) is 14.5 Å². The molecule has 2 aromatic heterocycles. The first-order chi connectivity index (χ1) is 13.2. The van der Waals surface area contributed by atoms with Crippen molar-refractivity contribution >= 4 is 17.1 Å². The quantitative estimate of drug-likeness (QED) is 0.614. The lowest BCUT2D eigenvalue weighted by Crippen LogP contribution is -2.22. The lowest BCUT2D eigenvalue weighted by Gasteiger charge is -2.33. The molecule has 2 saturated carbocycles. The summed E-state index contributed by atoms with van der Waals surface area (Å²) in [5, 5.41) is 12.1. The number of hydrogen-bond donors (Lipinski definition) is 1. The zero-order valence-corrected chi connectivity index (χ0v) is 16.1. The van der Waals surface area contributed by atoms with E-state index in [1.165, 1.54) is 24.0 Å². The molecule has 140 valence electrons. The van der Waals surface area contributed by atoms with Crippen LogP contribution < -0.4 is 0 Å². The molecule has 0 saturated heterocycles. The van der Waals surface area contributed by atoms with E-state index in [0.717, 1.165) is 41.9 Å². The van der Waals surface area contributed by atoms with Crippen LogP contribution in [0.25, 0.3) is 5.52 Å². The number of benzene rings is 1. The number of pyridine rings is 1. The number of halogens is 1. The summed E-state index contributed by atoms with van der Waals surface area (Å²) < 4.78 is 2.11. The van der Waals surface area contributed by atoms with E-state index in [0.29, 0.717) is 17.8 Å². The molecule has 0 amide bonds. The average Bonchev–Trinajstić information content (AvgIpc) is 3.44. The standard InChI is InChI=1S/C23H25ClN2O/c24-19-9-7-16(8-10-19)15-1-5-18(6-2-15)23(27)22-21(17-3-4-17)12-11-20-13-25-14-26(20)22/h7-15,17-18,23,27H,1-6H2/t15?,18?,23-/m1/s1. The Labute approximate surface area is 165 Å². The molecule has 3 nitrogen and oxygen atoms in total. The van der Waals surface area contributed by atoms with Gasteiger partial charge in [-0.25, -0.2) is 4.98 Å². The zero-order chi connectivity index (χ0) is 18.4. The van der Waals surface area contributed by atoms with Crippen molar-refractivity contribution in [2.45, 2.75) is 56.5 Å². The van der Waals surface area contributed by atoms with E-state index in [2.05, 4.69) is 33.7 Å². The molecule has 27 heavy (non-hydrogen) atoms. The summed E-state index contributed by atoms with van der Waals surface area (Å²) in [7, 11) is 0. The fourth-order valence-corrected chi connectivity index (χ4v) is 4.93. The van der Waals surface area contributed by atoms with E-state index >= 15 is 0 Å². The first kappa shape index (κ1) is 17.3. The van der Waals surface area contributed by atoms with Gasteiger partial charge < -0.3 is 9.51 Å². The Morgan fingerprint density at radius 3 is 2.33 bits per heavy atom. The Bertz CT molecular complexity index is 937. The predicted octanol–water partition coefficient (Wildman–Crippen LogP) is 5.87. The first-order valence-corrected chi connectivity index (χ1v) is 10.5. The van der Waals surface area contributed by atoms with Gasteiger partial charge in [0.2, 0.25) is 0 Å². The van der Waals surface area contributed by atoms with E-state index in [-0.39, 0.29) is 0 Å². The third-order valence-electron chi connectivity index (χ3n) is 6.51. The number of aliphatic hydroxyl groups is 1. The highest BCUT2D eigenvalue weighted by Gasteiger charge is 2.34. The van der Waals surface area contributed by atoms with E-state index in [4.69, 9.17) is 11.6 Å². The summed E-state index contributed by atoms with van der Waals surface area (Å²) in [5.74, 6) is 1.52. The Balaban J connectivity index is 1.37. The highest BCUT2D eigenvalue weighted by molar-refractivity contribution is 6.30. The maximum atomic E-state index is 11.3. The summed E-state index contributed by atoms with van der Waals surface area (Å²) in [6, 6.07) is 12.6. The van der Waals surface area contributed by atoms with Crippen molar-refractivity contribution < 1.29 is 5.11 Å². The first-order valence-electron chi connectivity index (χ1n) is 10.1. The van der Waals surface area contributed by atoms with Gasteiger partial charge in [0.05, 0.1) is 29.8 Å². The lowest BCUT2D eigenvalue weighted by molar-refractivity contribution is 0.0754. The van der Waals surface area contributed by atoms with Crippen molar-refractivity contribution in [2.24, 2.45) is 5.92 Å². The van der Waals surface area contributed by atoms with Gasteiger partial charge in [0.1, 0.15) is 0 Å². The van der Waals surface area contributed by atoms with E-state index in [1.807, 2.05) is 24.7 Å². The number of rotatable bonds is 4. The van der Waals surface area contributed by atoms with Crippen molar-refractivity contribution in [1.82, 2.24) is 9.38 Å². The maximum Gasteiger partial charge on any atom is 0.0995 e. The summed E-state index contributed by atoms with van der Waals surface area (Å²) in [4.78, 5) is 4.31. The molecule has 0 spiro atoms. The topological polar surface area (TPSA) is 37.5 Å². The Morgan fingerprint density at radius 2 is 1.63 bits per heavy atom. The van der Waals surface area contributed by atoms with Crippen LogP contribution in [0.4, 0.5) is 0 Å². The van der Waals surface area contributed by atoms with Crippen molar-refractivity contribution in [3.05, 3.63) is 70.8 Å². The van der Waals surface area contributed by atoms with Crippen molar-refractivity contribution in [3.63, 3.8) is 0 Å². The number of nitrogens with zero attached hydrogens (tertiary/aromatic N) is 2. The average molecular weight is 381 g/mol. The van der Waals surface area contributed by atoms with Gasteiger partial charge in [-0.1, -0.05) is 29.8 Å². The summed E-state index contributed by atoms with van der Waals surface area (Å²) in [5.41, 5.74) is 4.86. The summed E-state index contributed by atoms with van der Waals surface area (Å²) >= 11 is 6.03. The summed E-state index contributed by atoms with van der Waals surface area (Å²) in [6.07, 6.45) is 10.2. The Hall–Kier alpha value is -1.84. The smallest absolute Gasteiger partial charge is 0.0995 e. The maximum absolute atomic E-state index is 11.3. The molecule has 2 aliphatic carbocycles. The normalized spacial score (nSPS) is 24.2. The Morgan fingerprint density at radius 1 is 0.926 bits per heavy atom. The van der Waals surface area contributed by atoms with Crippen molar-refractivity contribution in [3.8, 4) is 0 Å². The van der Waals surface area contributed by atoms with Gasteiger partial charge in [-0.15, -0.1) is 0 Å². The van der Waals surface area contributed by atoms with Gasteiger partial charge >= 0.3 is 0 Å². The molecule has 2 fully saturated rings. The van der Waals surface area contributed by atoms with Crippen LogP contribution in [0.3, 0.4) is 0 Å². The van der Waals surface area contributed by atoms with Gasteiger partial charge in [0, 0.05) is 5.02 Å². The molecule has 0 radical (unpaired) electrons. The van der Waals surface area contributed by atoms with Crippen LogP contribution in [-0.2, 0) is 0 Å². The zero-order valence-electron chi connectivity index (χ0n) is 15.4. The second-order valence-corrected chi connectivity index (χ2v) is 8.68. The third kappa shape index (κ3) is 3.28. The number of imidazole rings is 1. The van der Waals surface area contributed by atoms with Crippen LogP contribution in [0.15, 0.2) is 48.9 Å². The molecule has 1 aromatic carbocycles. The van der Waals surface area contributed by atoms with Crippen molar-refractivity contribution in [2.75, 3.05) is 0 Å². The molecule has 2 heterocycles. The molecule has 1 N–H and O–H groups in total. The monoisotopic (exact) mass is 380 g/mol. The molecular formula is C23H25ClN2O. The molecule has 0 aliphatic heterocycles. The molecule has 1 atom stereocenters. The third-order valence-corrected chi connectivity index (χ3v) is 6.77. The van der Waals surface area contributed by atoms with Crippen LogP contribution in [0, 0.1) is 5.92 Å². The minimum absolute atomic E-state index is 0.319. The van der Waals surface area contributed by atoms with Crippen LogP contribution in [0.5, 0.6) is 0 Å². The van der Waals surface area contributed by atoms with E-state index < -0.39 is 6.10 Å². The van der Waals surface area contributed by atoms with Crippen LogP contribution in [0.1, 0.15) is 73.3 Å². The van der Waals surface area contributed by atoms with E-state index in [1.54, 1.807) is 0 Å². The second-order valence-electron chi connectivity index (χ2n) is 8.24. The van der Waals surface area contributed by atoms with Gasteiger partial charge in [-0.05, 0) is 85.6 Å². The molecule has 2 aliphatic rings. The molecule has 4 heteroatoms. The van der Waals surface area contributed by atoms with Gasteiger partial charge in [-0.2, -0.15) is 0 Å². The SMILES string of the molecule is O[C@@H](c1c(C2CC2)ccc2cncn12)C1CCC(c2ccc(Cl)cc2)CC1. The molecule has 0 unspecified atom stereocenters. The molecule has 0 bridgehead atoms. The number of aromatic nitrogens is 2. The minimum atomic E-state index is -0.412. The number of aliphatic hydroxyl groups excluding tert-OH is 1. The van der Waals surface area contributed by atoms with Gasteiger partial charge in [0.25, 0.3) is 0 Å².